The van der Waals surface area contributed by atoms with Crippen molar-refractivity contribution >= 4 is 17.9 Å². The van der Waals surface area contributed by atoms with Crippen LogP contribution in [0, 0.1) is 0 Å². The third-order valence-corrected chi connectivity index (χ3v) is 12.1. The van der Waals surface area contributed by atoms with Gasteiger partial charge in [0.15, 0.2) is 6.10 Å². The van der Waals surface area contributed by atoms with Gasteiger partial charge >= 0.3 is 17.9 Å². The van der Waals surface area contributed by atoms with E-state index < -0.39 is 6.10 Å². The maximum absolute atomic E-state index is 12.7. The molecule has 0 bridgehead atoms. The highest BCUT2D eigenvalue weighted by molar-refractivity contribution is 5.71. The minimum Gasteiger partial charge on any atom is -0.462 e. The normalized spacial score (nSPS) is 11.8. The lowest BCUT2D eigenvalue weighted by Crippen LogP contribution is -2.30. The van der Waals surface area contributed by atoms with Crippen LogP contribution in [0.2, 0.25) is 0 Å². The molecule has 0 heterocycles. The molecule has 1 unspecified atom stereocenters. The number of unbranched alkanes of at least 4 members (excludes halogenated alkanes) is 38. The van der Waals surface area contributed by atoms with E-state index in [1.165, 1.54) is 205 Å². The SMILES string of the molecule is CCCCCCCCCCCCCCCCCCCCCCCC(=O)OCC(COC(=O)CCCCCCCC)OC(=O)CCCCCCCCCCCCCCCC. The smallest absolute Gasteiger partial charge is 0.306 e. The predicted octanol–water partition coefficient (Wildman–Crippen LogP) is 17.2. The first kappa shape index (κ1) is 57.4. The van der Waals surface area contributed by atoms with Crippen molar-refractivity contribution in [2.45, 2.75) is 309 Å². The van der Waals surface area contributed by atoms with Crippen molar-refractivity contribution in [3.63, 3.8) is 0 Å². The molecule has 6 heteroatoms. The summed E-state index contributed by atoms with van der Waals surface area (Å²) in [5.74, 6) is -0.852. The van der Waals surface area contributed by atoms with Crippen LogP contribution in [0.1, 0.15) is 303 Å². The van der Waals surface area contributed by atoms with E-state index in [0.29, 0.717) is 19.3 Å². The maximum Gasteiger partial charge on any atom is 0.306 e. The van der Waals surface area contributed by atoms with Crippen molar-refractivity contribution in [1.82, 2.24) is 0 Å². The zero-order valence-electron chi connectivity index (χ0n) is 40.1. The zero-order valence-corrected chi connectivity index (χ0v) is 40.1. The molecule has 0 saturated carbocycles. The highest BCUT2D eigenvalue weighted by atomic mass is 16.6. The summed E-state index contributed by atoms with van der Waals surface area (Å²) in [6.45, 7) is 6.63. The van der Waals surface area contributed by atoms with Crippen LogP contribution in [0.25, 0.3) is 0 Å². The molecular formula is C53H102O6. The Hall–Kier alpha value is -1.59. The number of esters is 3. The van der Waals surface area contributed by atoms with E-state index in [1.54, 1.807) is 0 Å². The van der Waals surface area contributed by atoms with Gasteiger partial charge in [0, 0.05) is 19.3 Å². The molecule has 1 atom stereocenters. The molecule has 0 aliphatic carbocycles. The molecule has 59 heavy (non-hydrogen) atoms. The van der Waals surface area contributed by atoms with Crippen molar-refractivity contribution < 1.29 is 28.6 Å². The molecule has 0 aromatic carbocycles. The first-order valence-electron chi connectivity index (χ1n) is 26.5. The predicted molar refractivity (Wildman–Crippen MR) is 252 cm³/mol. The number of carbonyl (C=O) groups excluding carboxylic acids is 3. The first-order valence-corrected chi connectivity index (χ1v) is 26.5. The monoisotopic (exact) mass is 835 g/mol. The summed E-state index contributed by atoms with van der Waals surface area (Å²) >= 11 is 0. The molecule has 0 amide bonds. The standard InChI is InChI=1S/C53H102O6/c1-4-7-10-13-16-18-20-22-24-25-26-27-28-29-30-32-33-35-37-40-43-46-52(55)58-49-50(48-57-51(54)45-42-39-15-12-9-6-3)59-53(56)47-44-41-38-36-34-31-23-21-19-17-14-11-8-5-2/h50H,4-49H2,1-3H3. The second-order valence-electron chi connectivity index (χ2n) is 18.2. The van der Waals surface area contributed by atoms with Crippen LogP contribution >= 0.6 is 0 Å². The van der Waals surface area contributed by atoms with Gasteiger partial charge in [-0.25, -0.2) is 0 Å². The molecule has 0 radical (unpaired) electrons. The molecular weight excluding hydrogens is 733 g/mol. The fourth-order valence-corrected chi connectivity index (χ4v) is 8.09. The Morgan fingerprint density at radius 3 is 0.678 bits per heavy atom. The third kappa shape index (κ3) is 47.3. The van der Waals surface area contributed by atoms with Crippen LogP contribution < -0.4 is 0 Å². The Labute approximate surface area is 368 Å². The molecule has 0 aliphatic heterocycles. The topological polar surface area (TPSA) is 78.9 Å². The second-order valence-corrected chi connectivity index (χ2v) is 18.2. The summed E-state index contributed by atoms with van der Waals surface area (Å²) in [6.07, 6.45) is 52.6. The van der Waals surface area contributed by atoms with E-state index in [0.717, 1.165) is 57.8 Å². The van der Waals surface area contributed by atoms with E-state index in [1.807, 2.05) is 0 Å². The average Bonchev–Trinajstić information content (AvgIpc) is 3.23. The van der Waals surface area contributed by atoms with Gasteiger partial charge in [0.25, 0.3) is 0 Å². The van der Waals surface area contributed by atoms with Gasteiger partial charge in [0.1, 0.15) is 13.2 Å². The minimum absolute atomic E-state index is 0.0626. The quantitative estimate of drug-likeness (QED) is 0.0345. The van der Waals surface area contributed by atoms with Gasteiger partial charge in [-0.2, -0.15) is 0 Å². The molecule has 0 N–H and O–H groups in total. The molecule has 0 aromatic heterocycles. The van der Waals surface area contributed by atoms with Crippen molar-refractivity contribution in [3.8, 4) is 0 Å². The van der Waals surface area contributed by atoms with E-state index in [4.69, 9.17) is 14.2 Å². The van der Waals surface area contributed by atoms with E-state index in [2.05, 4.69) is 20.8 Å². The van der Waals surface area contributed by atoms with E-state index in [9.17, 15) is 14.4 Å². The molecule has 0 saturated heterocycles. The van der Waals surface area contributed by atoms with Gasteiger partial charge in [0.2, 0.25) is 0 Å². The first-order chi connectivity index (χ1) is 29.0. The highest BCUT2D eigenvalue weighted by Crippen LogP contribution is 2.17. The molecule has 0 aliphatic rings. The van der Waals surface area contributed by atoms with Crippen LogP contribution in [0.3, 0.4) is 0 Å². The Bertz CT molecular complexity index is 874. The van der Waals surface area contributed by atoms with Crippen molar-refractivity contribution in [3.05, 3.63) is 0 Å². The van der Waals surface area contributed by atoms with Crippen molar-refractivity contribution in [2.75, 3.05) is 13.2 Å². The summed E-state index contributed by atoms with van der Waals surface area (Å²) in [6, 6.07) is 0. The average molecular weight is 835 g/mol. The maximum atomic E-state index is 12.7. The lowest BCUT2D eigenvalue weighted by molar-refractivity contribution is -0.167. The third-order valence-electron chi connectivity index (χ3n) is 12.1. The van der Waals surface area contributed by atoms with Gasteiger partial charge in [0.05, 0.1) is 0 Å². The van der Waals surface area contributed by atoms with Gasteiger partial charge in [-0.3, -0.25) is 14.4 Å². The van der Waals surface area contributed by atoms with Crippen LogP contribution in [-0.2, 0) is 28.6 Å². The van der Waals surface area contributed by atoms with Crippen LogP contribution in [-0.4, -0.2) is 37.2 Å². The Morgan fingerprint density at radius 1 is 0.271 bits per heavy atom. The van der Waals surface area contributed by atoms with Crippen molar-refractivity contribution in [2.24, 2.45) is 0 Å². The Kier molecular flexibility index (Phi) is 47.7. The summed E-state index contributed by atoms with van der Waals surface area (Å²) in [7, 11) is 0. The lowest BCUT2D eigenvalue weighted by atomic mass is 10.0. The molecule has 0 rings (SSSR count). The molecule has 0 aromatic rings. The molecule has 350 valence electrons. The summed E-state index contributed by atoms with van der Waals surface area (Å²) < 4.78 is 16.7. The van der Waals surface area contributed by atoms with E-state index >= 15 is 0 Å². The van der Waals surface area contributed by atoms with E-state index in [-0.39, 0.29) is 31.1 Å². The minimum atomic E-state index is -0.758. The number of hydrogen-bond donors (Lipinski definition) is 0. The number of rotatable bonds is 49. The number of hydrogen-bond acceptors (Lipinski definition) is 6. The van der Waals surface area contributed by atoms with Gasteiger partial charge in [-0.15, -0.1) is 0 Å². The fourth-order valence-electron chi connectivity index (χ4n) is 8.09. The highest BCUT2D eigenvalue weighted by Gasteiger charge is 2.19. The molecule has 0 spiro atoms. The Morgan fingerprint density at radius 2 is 0.458 bits per heavy atom. The zero-order chi connectivity index (χ0) is 43.0. The van der Waals surface area contributed by atoms with Crippen LogP contribution in [0.4, 0.5) is 0 Å². The van der Waals surface area contributed by atoms with Gasteiger partial charge in [-0.1, -0.05) is 265 Å². The lowest BCUT2D eigenvalue weighted by Gasteiger charge is -2.18. The van der Waals surface area contributed by atoms with Crippen LogP contribution in [0.15, 0.2) is 0 Å². The molecule has 6 nitrogen and oxygen atoms in total. The van der Waals surface area contributed by atoms with Gasteiger partial charge in [-0.05, 0) is 19.3 Å². The number of carbonyl (C=O) groups is 3. The summed E-state index contributed by atoms with van der Waals surface area (Å²) in [5, 5.41) is 0. The second kappa shape index (κ2) is 49.1. The van der Waals surface area contributed by atoms with Crippen LogP contribution in [0.5, 0.6) is 0 Å². The molecule has 0 fully saturated rings. The summed E-state index contributed by atoms with van der Waals surface area (Å²) in [5.41, 5.74) is 0. The van der Waals surface area contributed by atoms with Gasteiger partial charge < -0.3 is 14.2 Å². The fraction of sp³-hybridized carbons (Fsp3) is 0.943. The number of ether oxygens (including phenoxy) is 3. The Balaban J connectivity index is 4.09. The summed E-state index contributed by atoms with van der Waals surface area (Å²) in [4.78, 5) is 37.7. The van der Waals surface area contributed by atoms with Crippen molar-refractivity contribution in [1.29, 1.82) is 0 Å². The largest absolute Gasteiger partial charge is 0.462 e.